The standard InChI is InChI=1S/C8H16N2O/c1-3-7(4-2)5-10-6-8(9)11/h5,7H,3-4,6H2,1-2H3,(H2,9,11). The van der Waals surface area contributed by atoms with E-state index in [0.717, 1.165) is 12.8 Å². The second-order valence-corrected chi connectivity index (χ2v) is 2.53. The molecular weight excluding hydrogens is 140 g/mol. The summed E-state index contributed by atoms with van der Waals surface area (Å²) < 4.78 is 0. The average molecular weight is 156 g/mol. The van der Waals surface area contributed by atoms with Gasteiger partial charge in [0.2, 0.25) is 5.91 Å². The summed E-state index contributed by atoms with van der Waals surface area (Å²) in [6.45, 7) is 4.32. The lowest BCUT2D eigenvalue weighted by Gasteiger charge is -2.02. The normalized spacial score (nSPS) is 11.2. The van der Waals surface area contributed by atoms with Crippen LogP contribution in [-0.4, -0.2) is 18.7 Å². The summed E-state index contributed by atoms with van der Waals surface area (Å²) >= 11 is 0. The molecule has 3 nitrogen and oxygen atoms in total. The Hall–Kier alpha value is -0.860. The molecule has 0 rings (SSSR count). The molecule has 0 unspecified atom stereocenters. The fourth-order valence-corrected chi connectivity index (χ4v) is 0.791. The van der Waals surface area contributed by atoms with Crippen molar-refractivity contribution in [3.05, 3.63) is 0 Å². The second-order valence-electron chi connectivity index (χ2n) is 2.53. The lowest BCUT2D eigenvalue weighted by atomic mass is 10.1. The number of rotatable bonds is 5. The lowest BCUT2D eigenvalue weighted by Crippen LogP contribution is -2.14. The van der Waals surface area contributed by atoms with Crippen LogP contribution in [0.25, 0.3) is 0 Å². The minimum Gasteiger partial charge on any atom is -0.368 e. The van der Waals surface area contributed by atoms with E-state index in [1.165, 1.54) is 0 Å². The molecule has 0 fully saturated rings. The zero-order chi connectivity index (χ0) is 8.69. The highest BCUT2D eigenvalue weighted by Gasteiger charge is 1.97. The topological polar surface area (TPSA) is 55.4 Å². The number of amides is 1. The minimum atomic E-state index is -0.368. The highest BCUT2D eigenvalue weighted by molar-refractivity contribution is 5.78. The van der Waals surface area contributed by atoms with Crippen molar-refractivity contribution in [2.75, 3.05) is 6.54 Å². The third-order valence-corrected chi connectivity index (χ3v) is 1.61. The molecule has 0 aliphatic rings. The first-order valence-corrected chi connectivity index (χ1v) is 3.98. The molecule has 0 radical (unpaired) electrons. The van der Waals surface area contributed by atoms with Crippen LogP contribution in [0, 0.1) is 5.92 Å². The Morgan fingerprint density at radius 2 is 2.09 bits per heavy atom. The molecule has 0 atom stereocenters. The van der Waals surface area contributed by atoms with Crippen molar-refractivity contribution in [2.24, 2.45) is 16.6 Å². The Kier molecular flexibility index (Phi) is 5.43. The quantitative estimate of drug-likeness (QED) is 0.593. The molecule has 3 heteroatoms. The Labute approximate surface area is 67.7 Å². The van der Waals surface area contributed by atoms with Crippen molar-refractivity contribution in [1.29, 1.82) is 0 Å². The van der Waals surface area contributed by atoms with E-state index in [4.69, 9.17) is 5.73 Å². The van der Waals surface area contributed by atoms with Crippen LogP contribution in [0.5, 0.6) is 0 Å². The number of hydrogen-bond acceptors (Lipinski definition) is 2. The maximum atomic E-state index is 10.3. The zero-order valence-electron chi connectivity index (χ0n) is 7.21. The van der Waals surface area contributed by atoms with Gasteiger partial charge in [-0.05, 0) is 18.8 Å². The van der Waals surface area contributed by atoms with Crippen LogP contribution in [0.1, 0.15) is 26.7 Å². The van der Waals surface area contributed by atoms with Crippen molar-refractivity contribution in [3.8, 4) is 0 Å². The minimum absolute atomic E-state index is 0.122. The highest BCUT2D eigenvalue weighted by atomic mass is 16.1. The zero-order valence-corrected chi connectivity index (χ0v) is 7.21. The SMILES string of the molecule is CCC(C=NCC(N)=O)CC. The molecule has 64 valence electrons. The first-order valence-electron chi connectivity index (χ1n) is 3.98. The van der Waals surface area contributed by atoms with E-state index >= 15 is 0 Å². The van der Waals surface area contributed by atoms with Gasteiger partial charge in [0.25, 0.3) is 0 Å². The molecule has 1 amide bonds. The van der Waals surface area contributed by atoms with Crippen molar-refractivity contribution in [3.63, 3.8) is 0 Å². The number of carbonyl (C=O) groups is 1. The summed E-state index contributed by atoms with van der Waals surface area (Å²) in [5.41, 5.74) is 4.91. The summed E-state index contributed by atoms with van der Waals surface area (Å²) in [7, 11) is 0. The van der Waals surface area contributed by atoms with E-state index in [0.29, 0.717) is 5.92 Å². The molecule has 0 aliphatic carbocycles. The molecule has 0 aromatic carbocycles. The van der Waals surface area contributed by atoms with E-state index in [1.807, 2.05) is 6.21 Å². The van der Waals surface area contributed by atoms with Gasteiger partial charge in [-0.3, -0.25) is 9.79 Å². The van der Waals surface area contributed by atoms with Gasteiger partial charge in [0.05, 0.1) is 0 Å². The third-order valence-electron chi connectivity index (χ3n) is 1.61. The third kappa shape index (κ3) is 5.58. The van der Waals surface area contributed by atoms with Crippen molar-refractivity contribution in [2.45, 2.75) is 26.7 Å². The number of aliphatic imine (C=N–C) groups is 1. The predicted molar refractivity (Wildman–Crippen MR) is 46.6 cm³/mol. The Balaban J connectivity index is 3.61. The highest BCUT2D eigenvalue weighted by Crippen LogP contribution is 2.02. The molecule has 0 bridgehead atoms. The van der Waals surface area contributed by atoms with Crippen LogP contribution in [0.2, 0.25) is 0 Å². The Bertz CT molecular complexity index is 139. The Morgan fingerprint density at radius 3 is 2.45 bits per heavy atom. The summed E-state index contributed by atoms with van der Waals surface area (Å²) in [6, 6.07) is 0. The smallest absolute Gasteiger partial charge is 0.239 e. The maximum Gasteiger partial charge on any atom is 0.239 e. The van der Waals surface area contributed by atoms with Gasteiger partial charge in [-0.25, -0.2) is 0 Å². The van der Waals surface area contributed by atoms with Crippen LogP contribution < -0.4 is 5.73 Å². The first kappa shape index (κ1) is 10.1. The van der Waals surface area contributed by atoms with Crippen molar-refractivity contribution >= 4 is 12.1 Å². The van der Waals surface area contributed by atoms with Crippen LogP contribution in [-0.2, 0) is 4.79 Å². The number of nitrogens with zero attached hydrogens (tertiary/aromatic N) is 1. The van der Waals surface area contributed by atoms with Gasteiger partial charge in [0.15, 0.2) is 0 Å². The molecule has 0 heterocycles. The fourth-order valence-electron chi connectivity index (χ4n) is 0.791. The molecule has 0 spiro atoms. The van der Waals surface area contributed by atoms with Crippen LogP contribution in [0.15, 0.2) is 4.99 Å². The molecular formula is C8H16N2O. The summed E-state index contributed by atoms with van der Waals surface area (Å²) in [4.78, 5) is 14.2. The van der Waals surface area contributed by atoms with Crippen molar-refractivity contribution < 1.29 is 4.79 Å². The van der Waals surface area contributed by atoms with Gasteiger partial charge in [0, 0.05) is 6.21 Å². The summed E-state index contributed by atoms with van der Waals surface area (Å²) in [5.74, 6) is 0.126. The maximum absolute atomic E-state index is 10.3. The van der Waals surface area contributed by atoms with E-state index in [9.17, 15) is 4.79 Å². The molecule has 0 aromatic rings. The molecule has 2 N–H and O–H groups in total. The summed E-state index contributed by atoms with van der Waals surface area (Å²) in [5, 5.41) is 0. The number of hydrogen-bond donors (Lipinski definition) is 1. The first-order chi connectivity index (χ1) is 5.20. The Morgan fingerprint density at radius 1 is 1.55 bits per heavy atom. The van der Waals surface area contributed by atoms with E-state index < -0.39 is 0 Å². The molecule has 0 aromatic heterocycles. The summed E-state index contributed by atoms with van der Waals surface area (Å²) in [6.07, 6.45) is 3.96. The average Bonchev–Trinajstić information content (AvgIpc) is 1.98. The van der Waals surface area contributed by atoms with Crippen LogP contribution in [0.4, 0.5) is 0 Å². The number of primary amides is 1. The fraction of sp³-hybridized carbons (Fsp3) is 0.750. The van der Waals surface area contributed by atoms with Gasteiger partial charge in [-0.1, -0.05) is 13.8 Å². The molecule has 0 saturated carbocycles. The van der Waals surface area contributed by atoms with Crippen LogP contribution in [0.3, 0.4) is 0 Å². The largest absolute Gasteiger partial charge is 0.368 e. The van der Waals surface area contributed by atoms with E-state index in [2.05, 4.69) is 18.8 Å². The second kappa shape index (κ2) is 5.89. The van der Waals surface area contributed by atoms with Gasteiger partial charge >= 0.3 is 0 Å². The molecule has 0 saturated heterocycles. The molecule has 11 heavy (non-hydrogen) atoms. The van der Waals surface area contributed by atoms with Gasteiger partial charge in [-0.2, -0.15) is 0 Å². The van der Waals surface area contributed by atoms with Gasteiger partial charge < -0.3 is 5.73 Å². The predicted octanol–water partition coefficient (Wildman–Crippen LogP) is 0.979. The van der Waals surface area contributed by atoms with E-state index in [1.54, 1.807) is 0 Å². The van der Waals surface area contributed by atoms with Crippen molar-refractivity contribution in [1.82, 2.24) is 0 Å². The van der Waals surface area contributed by atoms with Crippen LogP contribution >= 0.6 is 0 Å². The van der Waals surface area contributed by atoms with E-state index in [-0.39, 0.29) is 12.5 Å². The number of nitrogens with two attached hydrogens (primary N) is 1. The van der Waals surface area contributed by atoms with Gasteiger partial charge in [-0.15, -0.1) is 0 Å². The molecule has 0 aliphatic heterocycles. The number of carbonyl (C=O) groups excluding carboxylic acids is 1. The monoisotopic (exact) mass is 156 g/mol. The van der Waals surface area contributed by atoms with Gasteiger partial charge in [0.1, 0.15) is 6.54 Å². The lowest BCUT2D eigenvalue weighted by molar-refractivity contribution is -0.116.